The Bertz CT molecular complexity index is 707. The van der Waals surface area contributed by atoms with Gasteiger partial charge in [0.1, 0.15) is 17.8 Å². The van der Waals surface area contributed by atoms with Crippen molar-refractivity contribution in [3.8, 4) is 0 Å². The normalized spacial score (nSPS) is 11.2. The van der Waals surface area contributed by atoms with Crippen molar-refractivity contribution in [3.63, 3.8) is 0 Å². The van der Waals surface area contributed by atoms with Crippen molar-refractivity contribution in [3.05, 3.63) is 47.9 Å². The van der Waals surface area contributed by atoms with E-state index in [9.17, 15) is 18.0 Å². The molecule has 6 nitrogen and oxygen atoms in total. The van der Waals surface area contributed by atoms with E-state index in [1.807, 2.05) is 0 Å². The number of anilines is 2. The van der Waals surface area contributed by atoms with E-state index in [2.05, 4.69) is 20.6 Å². The van der Waals surface area contributed by atoms with Crippen molar-refractivity contribution < 1.29 is 22.7 Å². The van der Waals surface area contributed by atoms with Gasteiger partial charge in [0.25, 0.3) is 5.91 Å². The van der Waals surface area contributed by atoms with Crippen LogP contribution in [0.25, 0.3) is 0 Å². The number of halogens is 3. The molecule has 0 aliphatic rings. The average Bonchev–Trinajstić information content (AvgIpc) is 2.55. The highest BCUT2D eigenvalue weighted by Gasteiger charge is 2.30. The first-order chi connectivity index (χ1) is 11.4. The van der Waals surface area contributed by atoms with Crippen LogP contribution in [0.3, 0.4) is 0 Å². The van der Waals surface area contributed by atoms with E-state index in [4.69, 9.17) is 4.74 Å². The summed E-state index contributed by atoms with van der Waals surface area (Å²) in [6.45, 7) is 0.669. The van der Waals surface area contributed by atoms with Crippen LogP contribution in [0.2, 0.25) is 0 Å². The van der Waals surface area contributed by atoms with Gasteiger partial charge in [-0.2, -0.15) is 13.2 Å². The van der Waals surface area contributed by atoms with E-state index in [0.717, 1.165) is 18.5 Å². The van der Waals surface area contributed by atoms with E-state index in [1.165, 1.54) is 25.3 Å². The van der Waals surface area contributed by atoms with Crippen LogP contribution in [0, 0.1) is 0 Å². The number of rotatable bonds is 6. The lowest BCUT2D eigenvalue weighted by atomic mass is 10.2. The van der Waals surface area contributed by atoms with Crippen molar-refractivity contribution in [2.45, 2.75) is 6.18 Å². The molecule has 9 heteroatoms. The summed E-state index contributed by atoms with van der Waals surface area (Å²) in [5.41, 5.74) is -0.482. The van der Waals surface area contributed by atoms with Crippen LogP contribution in [0.5, 0.6) is 0 Å². The molecule has 2 aromatic rings. The second-order valence-corrected chi connectivity index (χ2v) is 4.74. The number of methoxy groups -OCH3 is 1. The zero-order valence-electron chi connectivity index (χ0n) is 12.7. The number of alkyl halides is 3. The molecule has 0 radical (unpaired) electrons. The van der Waals surface area contributed by atoms with Crippen molar-refractivity contribution in [2.24, 2.45) is 0 Å². The summed E-state index contributed by atoms with van der Waals surface area (Å²) in [7, 11) is 1.51. The van der Waals surface area contributed by atoms with Crippen LogP contribution >= 0.6 is 0 Å². The molecule has 24 heavy (non-hydrogen) atoms. The lowest BCUT2D eigenvalue weighted by Gasteiger charge is -2.10. The van der Waals surface area contributed by atoms with Crippen molar-refractivity contribution in [1.82, 2.24) is 15.3 Å². The van der Waals surface area contributed by atoms with E-state index >= 15 is 0 Å². The zero-order chi connectivity index (χ0) is 17.6. The summed E-state index contributed by atoms with van der Waals surface area (Å²) in [5.74, 6) is -0.220. The van der Waals surface area contributed by atoms with Gasteiger partial charge in [0.05, 0.1) is 12.2 Å². The summed E-state index contributed by atoms with van der Waals surface area (Å²) in [6.07, 6.45) is -3.28. The number of ether oxygens (including phenoxy) is 1. The molecule has 0 saturated carbocycles. The monoisotopic (exact) mass is 340 g/mol. The first-order valence-corrected chi connectivity index (χ1v) is 6.93. The fraction of sp³-hybridized carbons (Fsp3) is 0.267. The number of nitrogens with zero attached hydrogens (tertiary/aromatic N) is 2. The number of amides is 1. The van der Waals surface area contributed by atoms with Crippen LogP contribution in [0.15, 0.2) is 36.7 Å². The second kappa shape index (κ2) is 7.73. The first kappa shape index (κ1) is 17.7. The van der Waals surface area contributed by atoms with E-state index in [1.54, 1.807) is 0 Å². The quantitative estimate of drug-likeness (QED) is 0.791. The third-order valence-corrected chi connectivity index (χ3v) is 2.95. The molecule has 1 aromatic heterocycles. The Labute approximate surface area is 136 Å². The zero-order valence-corrected chi connectivity index (χ0v) is 12.7. The average molecular weight is 340 g/mol. The van der Waals surface area contributed by atoms with Crippen LogP contribution in [-0.2, 0) is 10.9 Å². The number of benzene rings is 1. The molecule has 128 valence electrons. The molecule has 0 saturated heterocycles. The summed E-state index contributed by atoms with van der Waals surface area (Å²) >= 11 is 0. The Balaban J connectivity index is 2.11. The fourth-order valence-corrected chi connectivity index (χ4v) is 1.83. The molecule has 2 rings (SSSR count). The van der Waals surface area contributed by atoms with E-state index in [-0.39, 0.29) is 17.2 Å². The lowest BCUT2D eigenvalue weighted by molar-refractivity contribution is -0.137. The molecular weight excluding hydrogens is 325 g/mol. The number of hydrogen-bond donors (Lipinski definition) is 2. The highest BCUT2D eigenvalue weighted by Crippen LogP contribution is 2.31. The predicted octanol–water partition coefficient (Wildman–Crippen LogP) is 2.62. The minimum absolute atomic E-state index is 0.0931. The van der Waals surface area contributed by atoms with Gasteiger partial charge in [-0.25, -0.2) is 9.97 Å². The van der Waals surface area contributed by atoms with Crippen molar-refractivity contribution in [2.75, 3.05) is 25.6 Å². The van der Waals surface area contributed by atoms with Gasteiger partial charge < -0.3 is 15.4 Å². The van der Waals surface area contributed by atoms with Crippen LogP contribution in [-0.4, -0.2) is 36.1 Å². The summed E-state index contributed by atoms with van der Waals surface area (Å²) in [5, 5.41) is 5.31. The van der Waals surface area contributed by atoms with Crippen molar-refractivity contribution in [1.29, 1.82) is 0 Å². The van der Waals surface area contributed by atoms with Gasteiger partial charge in [0, 0.05) is 25.4 Å². The summed E-state index contributed by atoms with van der Waals surface area (Å²) < 4.78 is 42.9. The molecule has 1 amide bonds. The van der Waals surface area contributed by atoms with Gasteiger partial charge in [-0.1, -0.05) is 6.07 Å². The molecular formula is C15H15F3N4O2. The molecule has 0 unspecified atom stereocenters. The number of nitrogens with one attached hydrogen (secondary N) is 2. The SMILES string of the molecule is COCCNC(=O)c1cc(Nc2cccc(C(F)(F)F)c2)ncn1. The van der Waals surface area contributed by atoms with Gasteiger partial charge in [-0.05, 0) is 18.2 Å². The largest absolute Gasteiger partial charge is 0.416 e. The Kier molecular flexibility index (Phi) is 5.69. The lowest BCUT2D eigenvalue weighted by Crippen LogP contribution is -2.27. The molecule has 2 N–H and O–H groups in total. The minimum Gasteiger partial charge on any atom is -0.383 e. The highest BCUT2D eigenvalue weighted by molar-refractivity contribution is 5.92. The number of carbonyl (C=O) groups is 1. The third kappa shape index (κ3) is 4.92. The summed E-state index contributed by atoms with van der Waals surface area (Å²) in [4.78, 5) is 19.6. The van der Waals surface area contributed by atoms with Crippen LogP contribution < -0.4 is 10.6 Å². The standard InChI is InChI=1S/C15H15F3N4O2/c1-24-6-5-19-14(23)12-8-13(21-9-20-12)22-11-4-2-3-10(7-11)15(16,17)18/h2-4,7-9H,5-6H2,1H3,(H,19,23)(H,20,21,22). The fourth-order valence-electron chi connectivity index (χ4n) is 1.83. The van der Waals surface area contributed by atoms with E-state index in [0.29, 0.717) is 13.2 Å². The molecule has 0 atom stereocenters. The Morgan fingerprint density at radius 1 is 1.25 bits per heavy atom. The third-order valence-electron chi connectivity index (χ3n) is 2.95. The number of carbonyl (C=O) groups excluding carboxylic acids is 1. The maximum atomic E-state index is 12.7. The van der Waals surface area contributed by atoms with E-state index < -0.39 is 17.6 Å². The Morgan fingerprint density at radius 2 is 2.04 bits per heavy atom. The van der Waals surface area contributed by atoms with Crippen LogP contribution in [0.1, 0.15) is 16.1 Å². The van der Waals surface area contributed by atoms with Gasteiger partial charge in [0.15, 0.2) is 0 Å². The molecule has 0 bridgehead atoms. The molecule has 0 aliphatic carbocycles. The highest BCUT2D eigenvalue weighted by atomic mass is 19.4. The second-order valence-electron chi connectivity index (χ2n) is 4.74. The van der Waals surface area contributed by atoms with Crippen molar-refractivity contribution >= 4 is 17.4 Å². The van der Waals surface area contributed by atoms with Gasteiger partial charge in [-0.3, -0.25) is 4.79 Å². The Hall–Kier alpha value is -2.68. The van der Waals surface area contributed by atoms with Crippen LogP contribution in [0.4, 0.5) is 24.7 Å². The maximum absolute atomic E-state index is 12.7. The molecule has 1 aromatic carbocycles. The first-order valence-electron chi connectivity index (χ1n) is 6.93. The predicted molar refractivity (Wildman–Crippen MR) is 81.0 cm³/mol. The molecule has 0 fully saturated rings. The van der Waals surface area contributed by atoms with Gasteiger partial charge in [-0.15, -0.1) is 0 Å². The minimum atomic E-state index is -4.43. The maximum Gasteiger partial charge on any atom is 0.416 e. The smallest absolute Gasteiger partial charge is 0.383 e. The molecule has 1 heterocycles. The van der Waals surface area contributed by atoms with Gasteiger partial charge in [0.2, 0.25) is 0 Å². The number of hydrogen-bond acceptors (Lipinski definition) is 5. The van der Waals surface area contributed by atoms with Gasteiger partial charge >= 0.3 is 6.18 Å². The summed E-state index contributed by atoms with van der Waals surface area (Å²) in [6, 6.07) is 6.03. The molecule has 0 spiro atoms. The Morgan fingerprint density at radius 3 is 2.75 bits per heavy atom. The number of aromatic nitrogens is 2. The molecule has 0 aliphatic heterocycles. The topological polar surface area (TPSA) is 76.1 Å².